The van der Waals surface area contributed by atoms with Gasteiger partial charge in [-0.2, -0.15) is 9.97 Å². The molecule has 194 valence electrons. The molecule has 6 aliphatic rings. The molecule has 0 saturated heterocycles. The minimum Gasteiger partial charge on any atom is -0.348 e. The standard InChI is InChI=1S/C28H32FN5O3/c1-3-21-31-23(36-34-21)19-6-4-5-18(11-19)22(32-24(35)27-12-17(13-27)14-27)28-9-7-26(8-10-28,15-20(28)29)25-30-16(2)33-37-25/h4-6,11,17,20,22H,3,7-10,12-15H2,1-2H3,(H,32,35). The van der Waals surface area contributed by atoms with E-state index in [-0.39, 0.29) is 11.3 Å². The van der Waals surface area contributed by atoms with Crippen LogP contribution in [-0.2, 0) is 16.6 Å². The summed E-state index contributed by atoms with van der Waals surface area (Å²) in [5.74, 6) is 2.98. The van der Waals surface area contributed by atoms with Gasteiger partial charge in [-0.25, -0.2) is 4.39 Å². The second-order valence-electron chi connectivity index (χ2n) is 12.0. The van der Waals surface area contributed by atoms with Crippen LogP contribution in [-0.4, -0.2) is 32.4 Å². The summed E-state index contributed by atoms with van der Waals surface area (Å²) >= 11 is 0. The molecule has 0 radical (unpaired) electrons. The Labute approximate surface area is 214 Å². The molecule has 6 fully saturated rings. The summed E-state index contributed by atoms with van der Waals surface area (Å²) in [7, 11) is 0. The van der Waals surface area contributed by atoms with Gasteiger partial charge in [0.2, 0.25) is 11.8 Å². The quantitative estimate of drug-likeness (QED) is 0.471. The van der Waals surface area contributed by atoms with Gasteiger partial charge in [-0.15, -0.1) is 0 Å². The Bertz CT molecular complexity index is 1340. The topological polar surface area (TPSA) is 107 Å². The molecule has 4 bridgehead atoms. The monoisotopic (exact) mass is 505 g/mol. The summed E-state index contributed by atoms with van der Waals surface area (Å²) in [5, 5.41) is 11.4. The van der Waals surface area contributed by atoms with Crippen molar-refractivity contribution >= 4 is 5.91 Å². The first-order valence-electron chi connectivity index (χ1n) is 13.5. The summed E-state index contributed by atoms with van der Waals surface area (Å²) in [6, 6.07) is 7.39. The number of nitrogens with one attached hydrogen (secondary N) is 1. The molecule has 6 saturated carbocycles. The van der Waals surface area contributed by atoms with Gasteiger partial charge in [0, 0.05) is 22.8 Å². The second kappa shape index (κ2) is 7.95. The molecule has 2 aromatic heterocycles. The van der Waals surface area contributed by atoms with Gasteiger partial charge in [0.05, 0.1) is 11.5 Å². The zero-order chi connectivity index (χ0) is 25.4. The Hall–Kier alpha value is -3.10. The molecule has 37 heavy (non-hydrogen) atoms. The maximum atomic E-state index is 16.5. The first kappa shape index (κ1) is 23.0. The van der Waals surface area contributed by atoms with Crippen LogP contribution in [0.1, 0.15) is 87.4 Å². The predicted molar refractivity (Wildman–Crippen MR) is 131 cm³/mol. The van der Waals surface area contributed by atoms with E-state index in [4.69, 9.17) is 9.05 Å². The smallest absolute Gasteiger partial charge is 0.257 e. The van der Waals surface area contributed by atoms with Crippen molar-refractivity contribution in [1.82, 2.24) is 25.6 Å². The summed E-state index contributed by atoms with van der Waals surface area (Å²) < 4.78 is 27.5. The van der Waals surface area contributed by atoms with Crippen molar-refractivity contribution < 1.29 is 18.2 Å². The Morgan fingerprint density at radius 2 is 1.89 bits per heavy atom. The number of aromatic nitrogens is 4. The minimum atomic E-state index is -1.11. The molecule has 1 aromatic carbocycles. The van der Waals surface area contributed by atoms with Crippen LogP contribution in [0.2, 0.25) is 0 Å². The number of hydrogen-bond donors (Lipinski definition) is 1. The third-order valence-corrected chi connectivity index (χ3v) is 9.93. The number of carbonyl (C=O) groups is 1. The first-order valence-corrected chi connectivity index (χ1v) is 13.5. The molecule has 9 rings (SSSR count). The number of amides is 1. The molecule has 2 atom stereocenters. The van der Waals surface area contributed by atoms with E-state index in [1.807, 2.05) is 31.2 Å². The molecular formula is C28H32FN5O3. The van der Waals surface area contributed by atoms with Crippen molar-refractivity contribution in [2.75, 3.05) is 0 Å². The van der Waals surface area contributed by atoms with Crippen LogP contribution >= 0.6 is 0 Å². The van der Waals surface area contributed by atoms with E-state index in [1.54, 1.807) is 6.92 Å². The number of halogens is 1. The van der Waals surface area contributed by atoms with E-state index in [2.05, 4.69) is 25.6 Å². The number of hydrogen-bond acceptors (Lipinski definition) is 7. The van der Waals surface area contributed by atoms with E-state index < -0.39 is 23.0 Å². The van der Waals surface area contributed by atoms with Crippen molar-refractivity contribution in [2.45, 2.75) is 89.3 Å². The van der Waals surface area contributed by atoms with Crippen LogP contribution in [0.5, 0.6) is 0 Å². The lowest BCUT2D eigenvalue weighted by Crippen LogP contribution is -2.63. The first-order chi connectivity index (χ1) is 17.8. The minimum absolute atomic E-state index is 0.0768. The summed E-state index contributed by atoms with van der Waals surface area (Å²) in [5.41, 5.74) is 0.299. The van der Waals surface area contributed by atoms with Crippen LogP contribution < -0.4 is 5.32 Å². The van der Waals surface area contributed by atoms with Crippen LogP contribution in [0, 0.1) is 23.7 Å². The molecule has 9 heteroatoms. The fourth-order valence-corrected chi connectivity index (χ4v) is 7.51. The van der Waals surface area contributed by atoms with Gasteiger partial charge in [0.15, 0.2) is 11.6 Å². The highest BCUT2D eigenvalue weighted by Crippen LogP contribution is 2.66. The zero-order valence-electron chi connectivity index (χ0n) is 21.3. The number of alkyl halides is 1. The molecule has 1 amide bonds. The van der Waals surface area contributed by atoms with Gasteiger partial charge < -0.3 is 14.4 Å². The SMILES string of the molecule is CCc1noc(-c2cccc(C(NC(=O)C34CC(C3)C4)C34CCC(c5nc(C)no5)(CC3)CC4F)c2)n1. The van der Waals surface area contributed by atoms with Crippen molar-refractivity contribution in [3.63, 3.8) is 0 Å². The lowest BCUT2D eigenvalue weighted by Gasteiger charge is -2.61. The van der Waals surface area contributed by atoms with Crippen LogP contribution in [0.15, 0.2) is 33.3 Å². The van der Waals surface area contributed by atoms with Gasteiger partial charge in [0.25, 0.3) is 5.89 Å². The Morgan fingerprint density at radius 3 is 2.49 bits per heavy atom. The van der Waals surface area contributed by atoms with Crippen LogP contribution in [0.3, 0.4) is 0 Å². The summed E-state index contributed by atoms with van der Waals surface area (Å²) in [4.78, 5) is 22.5. The predicted octanol–water partition coefficient (Wildman–Crippen LogP) is 5.19. The summed E-state index contributed by atoms with van der Waals surface area (Å²) in [6.45, 7) is 3.77. The maximum Gasteiger partial charge on any atom is 0.257 e. The Morgan fingerprint density at radius 1 is 1.11 bits per heavy atom. The van der Waals surface area contributed by atoms with E-state index in [0.29, 0.717) is 55.0 Å². The van der Waals surface area contributed by atoms with Gasteiger partial charge >= 0.3 is 0 Å². The molecule has 0 aliphatic heterocycles. The molecule has 8 nitrogen and oxygen atoms in total. The van der Waals surface area contributed by atoms with Gasteiger partial charge in [-0.1, -0.05) is 29.4 Å². The van der Waals surface area contributed by atoms with E-state index in [9.17, 15) is 4.79 Å². The van der Waals surface area contributed by atoms with E-state index >= 15 is 4.39 Å². The lowest BCUT2D eigenvalue weighted by molar-refractivity contribution is -0.169. The average molecular weight is 506 g/mol. The third-order valence-electron chi connectivity index (χ3n) is 9.93. The van der Waals surface area contributed by atoms with Gasteiger partial charge in [0.1, 0.15) is 6.17 Å². The number of aryl methyl sites for hydroxylation is 2. The average Bonchev–Trinajstić information content (AvgIpc) is 3.51. The molecule has 3 aromatic rings. The largest absolute Gasteiger partial charge is 0.348 e. The highest BCUT2D eigenvalue weighted by atomic mass is 19.1. The molecule has 1 N–H and O–H groups in total. The number of rotatable bonds is 7. The Kier molecular flexibility index (Phi) is 4.95. The lowest BCUT2D eigenvalue weighted by atomic mass is 9.44. The normalized spacial score (nSPS) is 34.5. The number of fused-ring (bicyclic) bond motifs is 3. The summed E-state index contributed by atoms with van der Waals surface area (Å²) in [6.07, 6.45) is 5.57. The molecule has 2 heterocycles. The molecular weight excluding hydrogens is 473 g/mol. The van der Waals surface area contributed by atoms with Crippen molar-refractivity contribution in [1.29, 1.82) is 0 Å². The van der Waals surface area contributed by atoms with Crippen molar-refractivity contribution in [3.8, 4) is 11.5 Å². The van der Waals surface area contributed by atoms with Crippen molar-refractivity contribution in [3.05, 3.63) is 47.4 Å². The highest BCUT2D eigenvalue weighted by molar-refractivity contribution is 5.86. The van der Waals surface area contributed by atoms with E-state index in [0.717, 1.165) is 43.2 Å². The molecule has 0 spiro atoms. The molecule has 6 aliphatic carbocycles. The van der Waals surface area contributed by atoms with Crippen LogP contribution in [0.4, 0.5) is 4.39 Å². The van der Waals surface area contributed by atoms with Gasteiger partial charge in [-0.3, -0.25) is 4.79 Å². The van der Waals surface area contributed by atoms with E-state index in [1.165, 1.54) is 0 Å². The highest BCUT2D eigenvalue weighted by Gasteiger charge is 2.64. The number of carbonyl (C=O) groups excluding carboxylic acids is 1. The Balaban J connectivity index is 1.24. The number of nitrogens with zero attached hydrogens (tertiary/aromatic N) is 4. The second-order valence-corrected chi connectivity index (χ2v) is 12.0. The maximum absolute atomic E-state index is 16.5. The molecule has 2 unspecified atom stereocenters. The number of benzene rings is 1. The van der Waals surface area contributed by atoms with Gasteiger partial charge in [-0.05, 0) is 81.9 Å². The third kappa shape index (κ3) is 3.35. The fourth-order valence-electron chi connectivity index (χ4n) is 7.51. The van der Waals surface area contributed by atoms with Crippen LogP contribution in [0.25, 0.3) is 11.5 Å². The van der Waals surface area contributed by atoms with Crippen molar-refractivity contribution in [2.24, 2.45) is 16.7 Å². The zero-order valence-corrected chi connectivity index (χ0v) is 21.3. The fraction of sp³-hybridized carbons (Fsp3) is 0.607.